The summed E-state index contributed by atoms with van der Waals surface area (Å²) in [5, 5.41) is 0. The summed E-state index contributed by atoms with van der Waals surface area (Å²) >= 11 is 0. The molecular formula is C13H26O4. The van der Waals surface area contributed by atoms with Gasteiger partial charge in [0.15, 0.2) is 0 Å². The van der Waals surface area contributed by atoms with E-state index in [0.29, 0.717) is 39.1 Å². The standard InChI is InChI=1S/C13H26O4/c1-2-3-6-14-8-9-15-10-11-16-12-13-5-4-7-17-13/h13H,2-12H2,1H3. The summed E-state index contributed by atoms with van der Waals surface area (Å²) in [5.41, 5.74) is 0. The molecule has 0 aromatic heterocycles. The first kappa shape index (κ1) is 14.9. The Hall–Kier alpha value is -0.160. The van der Waals surface area contributed by atoms with E-state index in [1.54, 1.807) is 0 Å². The van der Waals surface area contributed by atoms with Gasteiger partial charge in [-0.3, -0.25) is 0 Å². The molecule has 0 spiro atoms. The van der Waals surface area contributed by atoms with E-state index in [4.69, 9.17) is 18.9 Å². The highest BCUT2D eigenvalue weighted by Crippen LogP contribution is 2.11. The van der Waals surface area contributed by atoms with Gasteiger partial charge in [-0.05, 0) is 19.3 Å². The minimum atomic E-state index is 0.312. The van der Waals surface area contributed by atoms with E-state index >= 15 is 0 Å². The van der Waals surface area contributed by atoms with Crippen molar-refractivity contribution in [3.8, 4) is 0 Å². The van der Waals surface area contributed by atoms with Gasteiger partial charge >= 0.3 is 0 Å². The molecule has 0 amide bonds. The first-order valence-electron chi connectivity index (χ1n) is 6.78. The minimum absolute atomic E-state index is 0.312. The summed E-state index contributed by atoms with van der Waals surface area (Å²) in [7, 11) is 0. The highest BCUT2D eigenvalue weighted by molar-refractivity contribution is 4.63. The number of hydrogen-bond acceptors (Lipinski definition) is 4. The molecule has 4 heteroatoms. The molecule has 0 radical (unpaired) electrons. The van der Waals surface area contributed by atoms with Crippen molar-refractivity contribution in [2.75, 3.05) is 46.2 Å². The van der Waals surface area contributed by atoms with Crippen LogP contribution in [0.3, 0.4) is 0 Å². The third kappa shape index (κ3) is 8.55. The Morgan fingerprint density at radius 2 is 1.71 bits per heavy atom. The second-order valence-corrected chi connectivity index (χ2v) is 4.29. The van der Waals surface area contributed by atoms with Crippen molar-refractivity contribution in [2.24, 2.45) is 0 Å². The first-order valence-corrected chi connectivity index (χ1v) is 6.78. The Morgan fingerprint density at radius 1 is 1.00 bits per heavy atom. The largest absolute Gasteiger partial charge is 0.379 e. The molecule has 0 saturated carbocycles. The van der Waals surface area contributed by atoms with Gasteiger partial charge < -0.3 is 18.9 Å². The van der Waals surface area contributed by atoms with E-state index in [-0.39, 0.29) is 0 Å². The molecule has 0 bridgehead atoms. The first-order chi connectivity index (χ1) is 8.43. The normalized spacial score (nSPS) is 19.9. The van der Waals surface area contributed by atoms with Crippen LogP contribution in [0.1, 0.15) is 32.6 Å². The minimum Gasteiger partial charge on any atom is -0.379 e. The smallest absolute Gasteiger partial charge is 0.0809 e. The zero-order valence-electron chi connectivity index (χ0n) is 11.0. The SMILES string of the molecule is CCCCOCCOCCOCC1CCCO1. The maximum atomic E-state index is 5.47. The summed E-state index contributed by atoms with van der Waals surface area (Å²) in [6.45, 7) is 7.23. The summed E-state index contributed by atoms with van der Waals surface area (Å²) in [6.07, 6.45) is 4.92. The van der Waals surface area contributed by atoms with Crippen molar-refractivity contribution in [1.29, 1.82) is 0 Å². The lowest BCUT2D eigenvalue weighted by Crippen LogP contribution is -2.17. The molecule has 1 aliphatic heterocycles. The second kappa shape index (κ2) is 11.0. The lowest BCUT2D eigenvalue weighted by Gasteiger charge is -2.10. The molecule has 0 N–H and O–H groups in total. The molecule has 0 aromatic carbocycles. The highest BCUT2D eigenvalue weighted by atomic mass is 16.6. The highest BCUT2D eigenvalue weighted by Gasteiger charge is 2.14. The predicted molar refractivity (Wildman–Crippen MR) is 66.3 cm³/mol. The topological polar surface area (TPSA) is 36.9 Å². The maximum Gasteiger partial charge on any atom is 0.0809 e. The Kier molecular flexibility index (Phi) is 9.61. The van der Waals surface area contributed by atoms with Crippen LogP contribution in [0.2, 0.25) is 0 Å². The van der Waals surface area contributed by atoms with Crippen LogP contribution in [-0.4, -0.2) is 52.4 Å². The lowest BCUT2D eigenvalue weighted by atomic mass is 10.2. The average molecular weight is 246 g/mol. The van der Waals surface area contributed by atoms with Crippen LogP contribution in [0.25, 0.3) is 0 Å². The Labute approximate surface area is 105 Å². The number of hydrogen-bond donors (Lipinski definition) is 0. The van der Waals surface area contributed by atoms with Gasteiger partial charge in [0, 0.05) is 13.2 Å². The molecule has 1 heterocycles. The maximum absolute atomic E-state index is 5.47. The Balaban J connectivity index is 1.69. The van der Waals surface area contributed by atoms with Gasteiger partial charge in [0.05, 0.1) is 39.1 Å². The van der Waals surface area contributed by atoms with Crippen LogP contribution in [0.4, 0.5) is 0 Å². The van der Waals surface area contributed by atoms with E-state index in [2.05, 4.69) is 6.92 Å². The van der Waals surface area contributed by atoms with Crippen LogP contribution in [-0.2, 0) is 18.9 Å². The van der Waals surface area contributed by atoms with E-state index in [1.807, 2.05) is 0 Å². The van der Waals surface area contributed by atoms with Crippen molar-refractivity contribution in [3.05, 3.63) is 0 Å². The van der Waals surface area contributed by atoms with Crippen molar-refractivity contribution in [1.82, 2.24) is 0 Å². The monoisotopic (exact) mass is 246 g/mol. The van der Waals surface area contributed by atoms with Crippen LogP contribution in [0, 0.1) is 0 Å². The van der Waals surface area contributed by atoms with Crippen LogP contribution < -0.4 is 0 Å². The lowest BCUT2D eigenvalue weighted by molar-refractivity contribution is -0.0170. The van der Waals surface area contributed by atoms with Crippen LogP contribution in [0.5, 0.6) is 0 Å². The van der Waals surface area contributed by atoms with Gasteiger partial charge in [-0.15, -0.1) is 0 Å². The molecule has 0 aromatic rings. The third-order valence-corrected chi connectivity index (χ3v) is 2.71. The second-order valence-electron chi connectivity index (χ2n) is 4.29. The molecule has 1 rings (SSSR count). The summed E-state index contributed by atoms with van der Waals surface area (Å²) in [5.74, 6) is 0. The zero-order valence-corrected chi connectivity index (χ0v) is 11.0. The van der Waals surface area contributed by atoms with Gasteiger partial charge in [-0.2, -0.15) is 0 Å². The molecule has 1 fully saturated rings. The fraction of sp³-hybridized carbons (Fsp3) is 1.00. The summed E-state index contributed by atoms with van der Waals surface area (Å²) in [4.78, 5) is 0. The molecule has 102 valence electrons. The summed E-state index contributed by atoms with van der Waals surface area (Å²) in [6, 6.07) is 0. The Bertz CT molecular complexity index is 157. The molecule has 1 saturated heterocycles. The number of ether oxygens (including phenoxy) is 4. The number of unbranched alkanes of at least 4 members (excludes halogenated alkanes) is 1. The van der Waals surface area contributed by atoms with E-state index < -0.39 is 0 Å². The summed E-state index contributed by atoms with van der Waals surface area (Å²) < 4.78 is 21.7. The van der Waals surface area contributed by atoms with Gasteiger partial charge in [-0.25, -0.2) is 0 Å². The van der Waals surface area contributed by atoms with Crippen LogP contribution in [0.15, 0.2) is 0 Å². The molecular weight excluding hydrogens is 220 g/mol. The van der Waals surface area contributed by atoms with E-state index in [9.17, 15) is 0 Å². The van der Waals surface area contributed by atoms with Crippen molar-refractivity contribution < 1.29 is 18.9 Å². The van der Waals surface area contributed by atoms with Gasteiger partial charge in [0.25, 0.3) is 0 Å². The Morgan fingerprint density at radius 3 is 2.35 bits per heavy atom. The fourth-order valence-corrected chi connectivity index (χ4v) is 1.68. The van der Waals surface area contributed by atoms with Crippen molar-refractivity contribution in [3.63, 3.8) is 0 Å². The molecule has 17 heavy (non-hydrogen) atoms. The van der Waals surface area contributed by atoms with Gasteiger partial charge in [0.1, 0.15) is 0 Å². The predicted octanol–water partition coefficient (Wildman–Crippen LogP) is 2.02. The fourth-order valence-electron chi connectivity index (χ4n) is 1.68. The molecule has 1 aliphatic rings. The number of rotatable bonds is 11. The molecule has 1 atom stereocenters. The molecule has 0 aliphatic carbocycles. The van der Waals surface area contributed by atoms with Crippen LogP contribution >= 0.6 is 0 Å². The third-order valence-electron chi connectivity index (χ3n) is 2.71. The zero-order chi connectivity index (χ0) is 12.2. The van der Waals surface area contributed by atoms with E-state index in [1.165, 1.54) is 12.8 Å². The van der Waals surface area contributed by atoms with Crippen molar-refractivity contribution in [2.45, 2.75) is 38.7 Å². The molecule has 1 unspecified atom stereocenters. The van der Waals surface area contributed by atoms with Gasteiger partial charge in [0.2, 0.25) is 0 Å². The quantitative estimate of drug-likeness (QED) is 0.523. The van der Waals surface area contributed by atoms with Gasteiger partial charge in [-0.1, -0.05) is 13.3 Å². The molecule has 4 nitrogen and oxygen atoms in total. The average Bonchev–Trinajstić information content (AvgIpc) is 2.85. The van der Waals surface area contributed by atoms with E-state index in [0.717, 1.165) is 26.1 Å². The van der Waals surface area contributed by atoms with Crippen molar-refractivity contribution >= 4 is 0 Å².